The first-order chi connectivity index (χ1) is 9.85. The minimum atomic E-state index is -3.47. The molecule has 1 saturated carbocycles. The fourth-order valence-electron chi connectivity index (χ4n) is 2.37. The van der Waals surface area contributed by atoms with Crippen LogP contribution in [0.3, 0.4) is 0 Å². The molecule has 0 aromatic heterocycles. The number of sulfonamides is 1. The van der Waals surface area contributed by atoms with E-state index in [9.17, 15) is 18.5 Å². The van der Waals surface area contributed by atoms with Crippen LogP contribution in [-0.2, 0) is 10.0 Å². The molecule has 22 heavy (non-hydrogen) atoms. The van der Waals surface area contributed by atoms with Gasteiger partial charge in [-0.05, 0) is 31.7 Å². The van der Waals surface area contributed by atoms with Gasteiger partial charge in [0.15, 0.2) is 5.75 Å². The summed E-state index contributed by atoms with van der Waals surface area (Å²) in [7, 11) is -3.47. The van der Waals surface area contributed by atoms with Crippen LogP contribution in [0.5, 0.6) is 5.75 Å². The summed E-state index contributed by atoms with van der Waals surface area (Å²) in [6, 6.07) is 3.88. The summed E-state index contributed by atoms with van der Waals surface area (Å²) < 4.78 is 30.8. The van der Waals surface area contributed by atoms with Crippen molar-refractivity contribution in [2.24, 2.45) is 0 Å². The van der Waals surface area contributed by atoms with Gasteiger partial charge in [-0.25, -0.2) is 8.42 Å². The van der Waals surface area contributed by atoms with Crippen molar-refractivity contribution >= 4 is 51.0 Å². The molecule has 9 heteroatoms. The van der Waals surface area contributed by atoms with Gasteiger partial charge in [-0.1, -0.05) is 6.42 Å². The molecule has 0 radical (unpaired) electrons. The Balaban J connectivity index is 0.00000242. The van der Waals surface area contributed by atoms with Crippen LogP contribution >= 0.6 is 0 Å². The number of anilines is 1. The molecular weight excluding hydrogens is 319 g/mol. The summed E-state index contributed by atoms with van der Waals surface area (Å²) in [6.45, 7) is 0. The van der Waals surface area contributed by atoms with E-state index in [1.165, 1.54) is 18.2 Å². The minimum absolute atomic E-state index is 0. The molecule has 1 aromatic carbocycles. The van der Waals surface area contributed by atoms with Crippen molar-refractivity contribution in [3.63, 3.8) is 0 Å². The number of nitrogens with zero attached hydrogens (tertiary/aromatic N) is 1. The Morgan fingerprint density at radius 2 is 1.91 bits per heavy atom. The van der Waals surface area contributed by atoms with Crippen LogP contribution in [0, 0.1) is 10.1 Å². The molecule has 0 atom stereocenters. The molecule has 2 rings (SSSR count). The summed E-state index contributed by atoms with van der Waals surface area (Å²) in [5.74, 6) is 0.210. The molecule has 1 N–H and O–H groups in total. The predicted octanol–water partition coefficient (Wildman–Crippen LogP) is 2.03. The van der Waals surface area contributed by atoms with Gasteiger partial charge in [0.05, 0.1) is 29.0 Å². The average Bonchev–Trinajstić information content (AvgIpc) is 2.40. The number of hydrogen-bond donors (Lipinski definition) is 1. The topological polar surface area (TPSA) is 98.5 Å². The number of nitro groups is 1. The Morgan fingerprint density at radius 3 is 2.45 bits per heavy atom. The number of nitro benzene ring substituents is 1. The Labute approximate surface area is 151 Å². The van der Waals surface area contributed by atoms with E-state index in [-0.39, 0.29) is 52.8 Å². The van der Waals surface area contributed by atoms with Gasteiger partial charge in [0.2, 0.25) is 10.0 Å². The second kappa shape index (κ2) is 8.14. The van der Waals surface area contributed by atoms with Crippen LogP contribution in [-0.4, -0.2) is 55.3 Å². The van der Waals surface area contributed by atoms with Crippen LogP contribution < -0.4 is 9.46 Å². The Morgan fingerprint density at radius 1 is 1.27 bits per heavy atom. The van der Waals surface area contributed by atoms with E-state index in [0.717, 1.165) is 38.4 Å². The van der Waals surface area contributed by atoms with Gasteiger partial charge in [0.1, 0.15) is 0 Å². The second-order valence-electron chi connectivity index (χ2n) is 5.19. The van der Waals surface area contributed by atoms with Crippen molar-refractivity contribution < 1.29 is 18.1 Å². The number of hydrogen-bond acceptors (Lipinski definition) is 5. The van der Waals surface area contributed by atoms with E-state index in [0.29, 0.717) is 0 Å². The Kier molecular flexibility index (Phi) is 7.11. The number of benzene rings is 1. The van der Waals surface area contributed by atoms with Gasteiger partial charge >= 0.3 is 29.6 Å². The molecule has 0 spiro atoms. The summed E-state index contributed by atoms with van der Waals surface area (Å²) in [5, 5.41) is 10.9. The van der Waals surface area contributed by atoms with Gasteiger partial charge < -0.3 is 4.74 Å². The van der Waals surface area contributed by atoms with Gasteiger partial charge in [-0.15, -0.1) is 0 Å². The first-order valence-electron chi connectivity index (χ1n) is 6.78. The third-order valence-corrected chi connectivity index (χ3v) is 3.91. The molecule has 1 aromatic rings. The van der Waals surface area contributed by atoms with Crippen LogP contribution in [0.4, 0.5) is 11.4 Å². The van der Waals surface area contributed by atoms with Crippen molar-refractivity contribution in [2.45, 2.75) is 38.2 Å². The zero-order valence-electron chi connectivity index (χ0n) is 11.7. The molecular formula is C13H19N2NaO5S. The van der Waals surface area contributed by atoms with Crippen molar-refractivity contribution in [3.05, 3.63) is 28.3 Å². The SMILES string of the molecule is CS(=O)(=O)Nc1ccc([N+](=O)[O-])cc1OC1CCCCC1.[NaH]. The van der Waals surface area contributed by atoms with Crippen molar-refractivity contribution in [1.82, 2.24) is 0 Å². The first kappa shape index (κ1) is 19.2. The fourth-order valence-corrected chi connectivity index (χ4v) is 2.94. The number of ether oxygens (including phenoxy) is 1. The molecule has 7 nitrogen and oxygen atoms in total. The number of nitrogens with one attached hydrogen (secondary N) is 1. The van der Waals surface area contributed by atoms with E-state index < -0.39 is 14.9 Å². The summed E-state index contributed by atoms with van der Waals surface area (Å²) >= 11 is 0. The van der Waals surface area contributed by atoms with E-state index in [4.69, 9.17) is 4.74 Å². The zero-order valence-corrected chi connectivity index (χ0v) is 12.6. The van der Waals surface area contributed by atoms with E-state index in [1.54, 1.807) is 0 Å². The van der Waals surface area contributed by atoms with Gasteiger partial charge in [0, 0.05) is 6.07 Å². The third kappa shape index (κ3) is 5.75. The average molecular weight is 338 g/mol. The van der Waals surface area contributed by atoms with E-state index >= 15 is 0 Å². The van der Waals surface area contributed by atoms with E-state index in [1.807, 2.05) is 0 Å². The van der Waals surface area contributed by atoms with Gasteiger partial charge in [0.25, 0.3) is 5.69 Å². The second-order valence-corrected chi connectivity index (χ2v) is 6.94. The van der Waals surface area contributed by atoms with Crippen LogP contribution in [0.25, 0.3) is 0 Å². The zero-order chi connectivity index (χ0) is 15.5. The quantitative estimate of drug-likeness (QED) is 0.503. The molecule has 1 fully saturated rings. The predicted molar refractivity (Wildman–Crippen MR) is 86.2 cm³/mol. The molecule has 1 aliphatic rings. The van der Waals surface area contributed by atoms with Crippen molar-refractivity contribution in [3.8, 4) is 5.75 Å². The normalized spacial score (nSPS) is 15.7. The standard InChI is InChI=1S/C13H18N2O5S.Na.H/c1-21(18,19)14-12-8-7-10(15(16)17)9-13(12)20-11-5-3-2-4-6-11;;/h7-9,11,14H,2-6H2,1H3;;. The van der Waals surface area contributed by atoms with Gasteiger partial charge in [-0.2, -0.15) is 0 Å². The van der Waals surface area contributed by atoms with Gasteiger partial charge in [-0.3, -0.25) is 14.8 Å². The van der Waals surface area contributed by atoms with Crippen molar-refractivity contribution in [2.75, 3.05) is 11.0 Å². The number of non-ortho nitro benzene ring substituents is 1. The maximum atomic E-state index is 11.4. The molecule has 0 aliphatic heterocycles. The van der Waals surface area contributed by atoms with Crippen LogP contribution in [0.15, 0.2) is 18.2 Å². The molecule has 0 heterocycles. The molecule has 0 amide bonds. The van der Waals surface area contributed by atoms with Crippen LogP contribution in [0.2, 0.25) is 0 Å². The molecule has 0 unspecified atom stereocenters. The Hall–Kier alpha value is -0.830. The summed E-state index contributed by atoms with van der Waals surface area (Å²) in [4.78, 5) is 10.3. The number of rotatable bonds is 5. The van der Waals surface area contributed by atoms with Crippen molar-refractivity contribution in [1.29, 1.82) is 0 Å². The van der Waals surface area contributed by atoms with Crippen LogP contribution in [0.1, 0.15) is 32.1 Å². The summed E-state index contributed by atoms with van der Waals surface area (Å²) in [6.07, 6.45) is 6.01. The fraction of sp³-hybridized carbons (Fsp3) is 0.538. The molecule has 0 bridgehead atoms. The van der Waals surface area contributed by atoms with E-state index in [2.05, 4.69) is 4.72 Å². The maximum absolute atomic E-state index is 11.4. The monoisotopic (exact) mass is 338 g/mol. The molecule has 118 valence electrons. The molecule has 0 saturated heterocycles. The first-order valence-corrected chi connectivity index (χ1v) is 8.67. The molecule has 1 aliphatic carbocycles. The summed E-state index contributed by atoms with van der Waals surface area (Å²) in [5.41, 5.74) is 0.105. The Bertz CT molecular complexity index is 629. The third-order valence-electron chi connectivity index (χ3n) is 3.32.